The van der Waals surface area contributed by atoms with Gasteiger partial charge in [0.2, 0.25) is 10.0 Å². The van der Waals surface area contributed by atoms with Gasteiger partial charge in [-0.05, 0) is 41.0 Å². The molecule has 3 aromatic carbocycles. The van der Waals surface area contributed by atoms with Gasteiger partial charge in [0.05, 0.1) is 24.3 Å². The van der Waals surface area contributed by atoms with E-state index in [1.54, 1.807) is 6.07 Å². The smallest absolute Gasteiger partial charge is 0.338 e. The van der Waals surface area contributed by atoms with Gasteiger partial charge in [0.15, 0.2) is 0 Å². The van der Waals surface area contributed by atoms with Gasteiger partial charge in [0.1, 0.15) is 17.3 Å². The molecule has 0 unspecified atom stereocenters. The lowest BCUT2D eigenvalue weighted by Crippen LogP contribution is -2.23. The van der Waals surface area contributed by atoms with Crippen LogP contribution < -0.4 is 4.74 Å². The molecule has 3 rings (SSSR count). The highest BCUT2D eigenvalue weighted by molar-refractivity contribution is 7.89. The van der Waals surface area contributed by atoms with E-state index in [1.807, 2.05) is 42.5 Å². The number of esters is 1. The van der Waals surface area contributed by atoms with Gasteiger partial charge in [0.25, 0.3) is 0 Å². The average Bonchev–Trinajstić information content (AvgIpc) is 2.82. The zero-order valence-corrected chi connectivity index (χ0v) is 18.7. The van der Waals surface area contributed by atoms with Crippen molar-refractivity contribution < 1.29 is 22.7 Å². The quantitative estimate of drug-likeness (QED) is 0.508. The van der Waals surface area contributed by atoms with E-state index in [1.165, 1.54) is 39.4 Å². The highest BCUT2D eigenvalue weighted by Gasteiger charge is 2.24. The molecule has 164 valence electrons. The summed E-state index contributed by atoms with van der Waals surface area (Å²) in [5, 5.41) is 9.27. The van der Waals surface area contributed by atoms with Crippen molar-refractivity contribution in [3.8, 4) is 22.9 Å². The van der Waals surface area contributed by atoms with Crippen LogP contribution in [0.1, 0.15) is 21.5 Å². The Morgan fingerprint density at radius 2 is 1.72 bits per heavy atom. The summed E-state index contributed by atoms with van der Waals surface area (Å²) < 4.78 is 36.6. The molecular weight excluding hydrogens is 428 g/mol. The van der Waals surface area contributed by atoms with Crippen LogP contribution in [0.2, 0.25) is 0 Å². The maximum Gasteiger partial charge on any atom is 0.338 e. The number of methoxy groups -OCH3 is 1. The lowest BCUT2D eigenvalue weighted by molar-refractivity contribution is 0.0472. The zero-order valence-electron chi connectivity index (χ0n) is 17.9. The third-order valence-corrected chi connectivity index (χ3v) is 6.68. The molecule has 0 bridgehead atoms. The van der Waals surface area contributed by atoms with E-state index < -0.39 is 16.0 Å². The molecule has 0 aromatic heterocycles. The zero-order chi connectivity index (χ0) is 23.3. The molecule has 0 fully saturated rings. The van der Waals surface area contributed by atoms with Crippen LogP contribution in [-0.2, 0) is 21.4 Å². The van der Waals surface area contributed by atoms with Crippen molar-refractivity contribution in [2.24, 2.45) is 0 Å². The van der Waals surface area contributed by atoms with Crippen molar-refractivity contribution in [1.82, 2.24) is 4.31 Å². The summed E-state index contributed by atoms with van der Waals surface area (Å²) in [6, 6.07) is 20.9. The lowest BCUT2D eigenvalue weighted by Gasteiger charge is -2.15. The Hall–Kier alpha value is -3.67. The number of hydrogen-bond donors (Lipinski definition) is 0. The maximum absolute atomic E-state index is 12.5. The number of carbonyl (C=O) groups is 1. The highest BCUT2D eigenvalue weighted by Crippen LogP contribution is 2.27. The van der Waals surface area contributed by atoms with Crippen LogP contribution in [-0.4, -0.2) is 39.9 Å². The van der Waals surface area contributed by atoms with Gasteiger partial charge in [0, 0.05) is 14.1 Å². The fourth-order valence-electron chi connectivity index (χ4n) is 3.05. The second-order valence-corrected chi connectivity index (χ2v) is 9.20. The summed E-state index contributed by atoms with van der Waals surface area (Å²) in [7, 11) is 0.362. The molecule has 0 N–H and O–H groups in total. The largest absolute Gasteiger partial charge is 0.495 e. The highest BCUT2D eigenvalue weighted by atomic mass is 32.2. The monoisotopic (exact) mass is 450 g/mol. The molecule has 8 heteroatoms. The van der Waals surface area contributed by atoms with E-state index in [2.05, 4.69) is 6.07 Å². The minimum absolute atomic E-state index is 0.0147. The van der Waals surface area contributed by atoms with Gasteiger partial charge in [-0.2, -0.15) is 5.26 Å². The van der Waals surface area contributed by atoms with Crippen LogP contribution >= 0.6 is 0 Å². The second-order valence-electron chi connectivity index (χ2n) is 7.08. The number of carbonyl (C=O) groups excluding carboxylic acids is 1. The number of nitriles is 1. The maximum atomic E-state index is 12.5. The molecule has 0 saturated heterocycles. The number of nitrogens with zero attached hydrogens (tertiary/aromatic N) is 2. The van der Waals surface area contributed by atoms with E-state index in [0.717, 1.165) is 21.0 Å². The van der Waals surface area contributed by atoms with Crippen LogP contribution in [0.5, 0.6) is 5.75 Å². The Morgan fingerprint density at radius 3 is 2.34 bits per heavy atom. The third kappa shape index (κ3) is 4.80. The molecule has 0 aliphatic heterocycles. The molecular formula is C24H22N2O5S. The molecule has 0 amide bonds. The Labute approximate surface area is 187 Å². The molecule has 0 aliphatic carbocycles. The first-order valence-corrected chi connectivity index (χ1v) is 11.1. The minimum atomic E-state index is -3.80. The van der Waals surface area contributed by atoms with Gasteiger partial charge in [-0.15, -0.1) is 0 Å². The van der Waals surface area contributed by atoms with Crippen molar-refractivity contribution in [2.45, 2.75) is 11.5 Å². The Morgan fingerprint density at radius 1 is 1.03 bits per heavy atom. The molecule has 32 heavy (non-hydrogen) atoms. The molecule has 0 aliphatic rings. The number of hydrogen-bond acceptors (Lipinski definition) is 6. The van der Waals surface area contributed by atoms with Crippen LogP contribution in [0.25, 0.3) is 11.1 Å². The van der Waals surface area contributed by atoms with Gasteiger partial charge < -0.3 is 9.47 Å². The number of rotatable bonds is 7. The number of ether oxygens (including phenoxy) is 2. The van der Waals surface area contributed by atoms with Gasteiger partial charge in [-0.25, -0.2) is 17.5 Å². The molecule has 7 nitrogen and oxygen atoms in total. The number of sulfonamides is 1. The normalized spacial score (nSPS) is 11.1. The van der Waals surface area contributed by atoms with Crippen molar-refractivity contribution in [3.63, 3.8) is 0 Å². The summed E-state index contributed by atoms with van der Waals surface area (Å²) in [5.74, 6) is -0.509. The predicted octanol–water partition coefficient (Wildman–Crippen LogP) is 3.84. The molecule has 0 radical (unpaired) electrons. The first-order chi connectivity index (χ1) is 15.3. The van der Waals surface area contributed by atoms with Crippen molar-refractivity contribution in [3.05, 3.63) is 83.4 Å². The van der Waals surface area contributed by atoms with Crippen molar-refractivity contribution in [1.29, 1.82) is 5.26 Å². The van der Waals surface area contributed by atoms with E-state index in [4.69, 9.17) is 9.47 Å². The second kappa shape index (κ2) is 9.64. The van der Waals surface area contributed by atoms with E-state index in [0.29, 0.717) is 5.56 Å². The standard InChI is InChI=1S/C24H22N2O5S/c1-26(2)32(28,29)23-14-19(12-13-22(23)30-3)24(27)31-16-17-8-10-18(11-9-17)21-7-5-4-6-20(21)15-25/h4-14H,16H2,1-3H3. The predicted molar refractivity (Wildman–Crippen MR) is 120 cm³/mol. The molecule has 0 saturated carbocycles. The van der Waals surface area contributed by atoms with Crippen LogP contribution in [0.3, 0.4) is 0 Å². The van der Waals surface area contributed by atoms with Gasteiger partial charge in [-0.3, -0.25) is 0 Å². The summed E-state index contributed by atoms with van der Waals surface area (Å²) in [4.78, 5) is 12.4. The summed E-state index contributed by atoms with van der Waals surface area (Å²) in [5.41, 5.74) is 3.14. The van der Waals surface area contributed by atoms with E-state index in [9.17, 15) is 18.5 Å². The molecule has 0 heterocycles. The van der Waals surface area contributed by atoms with E-state index >= 15 is 0 Å². The van der Waals surface area contributed by atoms with Crippen molar-refractivity contribution >= 4 is 16.0 Å². The lowest BCUT2D eigenvalue weighted by atomic mass is 9.99. The topological polar surface area (TPSA) is 96.7 Å². The van der Waals surface area contributed by atoms with Gasteiger partial charge in [-0.1, -0.05) is 42.5 Å². The van der Waals surface area contributed by atoms with E-state index in [-0.39, 0.29) is 22.8 Å². The number of benzene rings is 3. The fraction of sp³-hybridized carbons (Fsp3) is 0.167. The third-order valence-electron chi connectivity index (χ3n) is 4.84. The van der Waals surface area contributed by atoms with Crippen LogP contribution in [0.4, 0.5) is 0 Å². The average molecular weight is 451 g/mol. The Kier molecular flexibility index (Phi) is 6.93. The fourth-order valence-corrected chi connectivity index (χ4v) is 4.12. The Bertz CT molecular complexity index is 1280. The summed E-state index contributed by atoms with van der Waals surface area (Å²) in [6.07, 6.45) is 0. The van der Waals surface area contributed by atoms with Crippen molar-refractivity contribution in [2.75, 3.05) is 21.2 Å². The molecule has 0 spiro atoms. The van der Waals surface area contributed by atoms with Gasteiger partial charge >= 0.3 is 5.97 Å². The summed E-state index contributed by atoms with van der Waals surface area (Å²) >= 11 is 0. The minimum Gasteiger partial charge on any atom is -0.495 e. The Balaban J connectivity index is 1.76. The SMILES string of the molecule is COc1ccc(C(=O)OCc2ccc(-c3ccccc3C#N)cc2)cc1S(=O)(=O)N(C)C. The molecule has 3 aromatic rings. The van der Waals surface area contributed by atoms with Crippen LogP contribution in [0, 0.1) is 11.3 Å². The molecule has 0 atom stereocenters. The van der Waals surface area contributed by atoms with Crippen LogP contribution in [0.15, 0.2) is 71.6 Å². The first-order valence-electron chi connectivity index (χ1n) is 9.64. The summed E-state index contributed by atoms with van der Waals surface area (Å²) in [6.45, 7) is 0.0147. The first kappa shape index (κ1) is 23.0.